The lowest BCUT2D eigenvalue weighted by atomic mass is 10.1. The number of ether oxygens (including phenoxy) is 2. The van der Waals surface area contributed by atoms with E-state index in [4.69, 9.17) is 15.2 Å². The Balaban J connectivity index is 1.68. The maximum absolute atomic E-state index is 13.1. The van der Waals surface area contributed by atoms with Crippen molar-refractivity contribution in [3.8, 4) is 28.6 Å². The number of hydrazone groups is 1. The molecule has 162 valence electrons. The molecule has 4 aromatic rings. The predicted octanol–water partition coefficient (Wildman–Crippen LogP) is 1.68. The second kappa shape index (κ2) is 8.95. The number of amides is 1. The van der Waals surface area contributed by atoms with Gasteiger partial charge in [-0.25, -0.2) is 10.1 Å². The van der Waals surface area contributed by atoms with Crippen LogP contribution in [0.5, 0.6) is 11.5 Å². The van der Waals surface area contributed by atoms with Crippen LogP contribution in [-0.2, 0) is 0 Å². The Hall–Kier alpha value is -4.74. The van der Waals surface area contributed by atoms with Crippen molar-refractivity contribution in [2.45, 2.75) is 0 Å². The number of benzene rings is 2. The van der Waals surface area contributed by atoms with E-state index in [0.29, 0.717) is 28.3 Å². The first-order valence-corrected chi connectivity index (χ1v) is 9.28. The number of aromatic nitrogens is 5. The number of anilines is 1. The highest BCUT2D eigenvalue weighted by Crippen LogP contribution is 2.29. The van der Waals surface area contributed by atoms with Gasteiger partial charge in [0, 0.05) is 11.1 Å². The molecular weight excluding hydrogens is 416 g/mol. The number of carbonyl (C=O) groups is 1. The molecule has 2 heterocycles. The molecule has 3 N–H and O–H groups in total. The molecule has 0 radical (unpaired) electrons. The van der Waals surface area contributed by atoms with E-state index in [1.54, 1.807) is 30.3 Å². The van der Waals surface area contributed by atoms with Crippen LogP contribution in [0, 0.1) is 0 Å². The largest absolute Gasteiger partial charge is 0.493 e. The molecule has 12 nitrogen and oxygen atoms in total. The number of methoxy groups -OCH3 is 2. The molecule has 32 heavy (non-hydrogen) atoms. The van der Waals surface area contributed by atoms with Crippen LogP contribution in [0.15, 0.2) is 58.3 Å². The molecular formula is C20H18N8O4. The second-order valence-electron chi connectivity index (χ2n) is 6.32. The summed E-state index contributed by atoms with van der Waals surface area (Å²) in [5.41, 5.74) is 9.87. The van der Waals surface area contributed by atoms with Gasteiger partial charge in [-0.05, 0) is 22.4 Å². The van der Waals surface area contributed by atoms with Crippen molar-refractivity contribution in [3.63, 3.8) is 0 Å². The van der Waals surface area contributed by atoms with E-state index in [9.17, 15) is 4.79 Å². The molecule has 0 aliphatic rings. The van der Waals surface area contributed by atoms with Crippen molar-refractivity contribution >= 4 is 17.9 Å². The van der Waals surface area contributed by atoms with Gasteiger partial charge >= 0.3 is 0 Å². The van der Waals surface area contributed by atoms with Gasteiger partial charge in [-0.2, -0.15) is 9.78 Å². The van der Waals surface area contributed by atoms with Gasteiger partial charge in [-0.1, -0.05) is 41.6 Å². The number of nitrogens with two attached hydrogens (primary N) is 1. The average Bonchev–Trinajstić information content (AvgIpc) is 3.45. The van der Waals surface area contributed by atoms with Crippen molar-refractivity contribution in [2.24, 2.45) is 5.10 Å². The van der Waals surface area contributed by atoms with Crippen LogP contribution in [-0.4, -0.2) is 51.6 Å². The quantitative estimate of drug-likeness (QED) is 0.326. The summed E-state index contributed by atoms with van der Waals surface area (Å²) in [6.07, 6.45) is 1.43. The summed E-state index contributed by atoms with van der Waals surface area (Å²) < 4.78 is 16.4. The molecule has 0 saturated carbocycles. The Labute approximate surface area is 181 Å². The van der Waals surface area contributed by atoms with Crippen LogP contribution in [0.3, 0.4) is 0 Å². The van der Waals surface area contributed by atoms with E-state index < -0.39 is 5.91 Å². The third kappa shape index (κ3) is 3.84. The van der Waals surface area contributed by atoms with Gasteiger partial charge in [-0.15, -0.1) is 5.10 Å². The standard InChI is InChI=1S/C20H18N8O4/c1-30-14-10-6-9-13(17(14)31-2)11-22-24-20(29)16-15(12-7-4-3-5-8-12)23-27-28(16)19-18(21)25-32-26-19/h3-11H,1-2H3,(H2,21,25)(H,24,29)/b22-11+. The molecule has 0 unspecified atom stereocenters. The summed E-state index contributed by atoms with van der Waals surface area (Å²) in [7, 11) is 3.05. The Kier molecular flexibility index (Phi) is 5.74. The number of nitrogens with zero attached hydrogens (tertiary/aromatic N) is 6. The smallest absolute Gasteiger partial charge is 0.292 e. The first-order chi connectivity index (χ1) is 15.6. The normalized spacial score (nSPS) is 10.9. The molecule has 0 aliphatic carbocycles. The molecule has 12 heteroatoms. The average molecular weight is 434 g/mol. The van der Waals surface area contributed by atoms with E-state index >= 15 is 0 Å². The van der Waals surface area contributed by atoms with E-state index in [1.165, 1.54) is 20.4 Å². The van der Waals surface area contributed by atoms with Crippen molar-refractivity contribution in [1.82, 2.24) is 30.7 Å². The SMILES string of the molecule is COc1cccc(/C=N/NC(=O)c2c(-c3ccccc3)nnn2-c2nonc2N)c1OC. The molecule has 1 amide bonds. The van der Waals surface area contributed by atoms with Crippen molar-refractivity contribution < 1.29 is 18.9 Å². The second-order valence-corrected chi connectivity index (χ2v) is 6.32. The van der Waals surface area contributed by atoms with E-state index in [1.807, 2.05) is 18.2 Å². The molecule has 0 atom stereocenters. The van der Waals surface area contributed by atoms with Crippen LogP contribution in [0.25, 0.3) is 17.1 Å². The summed E-state index contributed by atoms with van der Waals surface area (Å²) in [4.78, 5) is 13.1. The zero-order valence-corrected chi connectivity index (χ0v) is 17.1. The number of para-hydroxylation sites is 1. The number of nitrogen functional groups attached to an aromatic ring is 1. The molecule has 2 aromatic carbocycles. The highest BCUT2D eigenvalue weighted by molar-refractivity contribution is 5.99. The van der Waals surface area contributed by atoms with Gasteiger partial charge < -0.3 is 15.2 Å². The molecule has 0 spiro atoms. The summed E-state index contributed by atoms with van der Waals surface area (Å²) in [6, 6.07) is 14.3. The summed E-state index contributed by atoms with van der Waals surface area (Å²) in [5.74, 6) is 0.391. The highest BCUT2D eigenvalue weighted by atomic mass is 16.6. The molecule has 0 saturated heterocycles. The number of hydrogen-bond acceptors (Lipinski definition) is 10. The summed E-state index contributed by atoms with van der Waals surface area (Å²) in [5, 5.41) is 19.4. The maximum atomic E-state index is 13.1. The fourth-order valence-corrected chi connectivity index (χ4v) is 2.99. The fourth-order valence-electron chi connectivity index (χ4n) is 2.99. The van der Waals surface area contributed by atoms with Gasteiger partial charge in [0.15, 0.2) is 17.2 Å². The van der Waals surface area contributed by atoms with Crippen molar-refractivity contribution in [1.29, 1.82) is 0 Å². The van der Waals surface area contributed by atoms with E-state index in [0.717, 1.165) is 4.68 Å². The van der Waals surface area contributed by atoms with Crippen LogP contribution >= 0.6 is 0 Å². The Morgan fingerprint density at radius 3 is 2.62 bits per heavy atom. The topological polar surface area (TPSA) is 156 Å². The number of hydrogen-bond donors (Lipinski definition) is 2. The zero-order chi connectivity index (χ0) is 22.5. The minimum atomic E-state index is -0.602. The van der Waals surface area contributed by atoms with Gasteiger partial charge in [0.2, 0.25) is 11.6 Å². The number of carbonyl (C=O) groups excluding carboxylic acids is 1. The minimum Gasteiger partial charge on any atom is -0.493 e. The minimum absolute atomic E-state index is 0.0308. The molecule has 0 bridgehead atoms. The molecule has 2 aromatic heterocycles. The van der Waals surface area contributed by atoms with Gasteiger partial charge in [0.1, 0.15) is 5.69 Å². The third-order valence-electron chi connectivity index (χ3n) is 4.43. The molecule has 0 aliphatic heterocycles. The number of rotatable bonds is 7. The van der Waals surface area contributed by atoms with Crippen LogP contribution in [0.1, 0.15) is 16.1 Å². The Morgan fingerprint density at radius 1 is 1.12 bits per heavy atom. The Morgan fingerprint density at radius 2 is 1.94 bits per heavy atom. The fraction of sp³-hybridized carbons (Fsp3) is 0.100. The molecule has 0 fully saturated rings. The summed E-state index contributed by atoms with van der Waals surface area (Å²) >= 11 is 0. The lowest BCUT2D eigenvalue weighted by molar-refractivity contribution is 0.0947. The zero-order valence-electron chi connectivity index (χ0n) is 17.1. The van der Waals surface area contributed by atoms with Gasteiger partial charge in [0.05, 0.1) is 20.4 Å². The van der Waals surface area contributed by atoms with Crippen molar-refractivity contribution in [3.05, 3.63) is 59.8 Å². The first kappa shape index (κ1) is 20.5. The van der Waals surface area contributed by atoms with Crippen molar-refractivity contribution in [2.75, 3.05) is 20.0 Å². The monoisotopic (exact) mass is 434 g/mol. The van der Waals surface area contributed by atoms with E-state index in [-0.39, 0.29) is 17.3 Å². The summed E-state index contributed by atoms with van der Waals surface area (Å²) in [6.45, 7) is 0. The van der Waals surface area contributed by atoms with Crippen LogP contribution in [0.2, 0.25) is 0 Å². The van der Waals surface area contributed by atoms with Gasteiger partial charge in [-0.3, -0.25) is 4.79 Å². The van der Waals surface area contributed by atoms with Gasteiger partial charge in [0.25, 0.3) is 5.91 Å². The van der Waals surface area contributed by atoms with E-state index in [2.05, 4.69) is 35.8 Å². The number of nitrogens with one attached hydrogen (secondary N) is 1. The van der Waals surface area contributed by atoms with Crippen LogP contribution < -0.4 is 20.6 Å². The van der Waals surface area contributed by atoms with Crippen LogP contribution in [0.4, 0.5) is 5.82 Å². The molecule has 4 rings (SSSR count). The highest BCUT2D eigenvalue weighted by Gasteiger charge is 2.25. The Bertz CT molecular complexity index is 1270. The maximum Gasteiger partial charge on any atom is 0.292 e. The lowest BCUT2D eigenvalue weighted by Gasteiger charge is -2.09. The third-order valence-corrected chi connectivity index (χ3v) is 4.43. The lowest BCUT2D eigenvalue weighted by Crippen LogP contribution is -2.22. The predicted molar refractivity (Wildman–Crippen MR) is 114 cm³/mol. The first-order valence-electron chi connectivity index (χ1n) is 9.28.